The SMILES string of the molecule is CCC1CC1NCc1cc2c(cc1SC)OCCO2. The van der Waals surface area contributed by atoms with Crippen molar-refractivity contribution in [3.63, 3.8) is 0 Å². The summed E-state index contributed by atoms with van der Waals surface area (Å²) in [4.78, 5) is 1.28. The minimum absolute atomic E-state index is 0.651. The molecule has 104 valence electrons. The molecule has 0 amide bonds. The van der Waals surface area contributed by atoms with Crippen LogP contribution in [0, 0.1) is 5.92 Å². The Morgan fingerprint density at radius 3 is 2.63 bits per heavy atom. The summed E-state index contributed by atoms with van der Waals surface area (Å²) in [6.07, 6.45) is 4.73. The van der Waals surface area contributed by atoms with Crippen LogP contribution in [0.3, 0.4) is 0 Å². The van der Waals surface area contributed by atoms with Crippen molar-refractivity contribution in [2.45, 2.75) is 37.2 Å². The Hall–Kier alpha value is -0.870. The molecular formula is C15H21NO2S. The molecule has 0 saturated heterocycles. The molecule has 1 saturated carbocycles. The van der Waals surface area contributed by atoms with Crippen LogP contribution in [-0.4, -0.2) is 25.5 Å². The van der Waals surface area contributed by atoms with Crippen molar-refractivity contribution in [1.82, 2.24) is 5.32 Å². The molecule has 0 aromatic heterocycles. The van der Waals surface area contributed by atoms with Crippen LogP contribution in [0.4, 0.5) is 0 Å². The first kappa shape index (κ1) is 13.1. The Morgan fingerprint density at radius 2 is 2.00 bits per heavy atom. The third kappa shape index (κ3) is 2.84. The molecule has 3 nitrogen and oxygen atoms in total. The Bertz CT molecular complexity index is 464. The standard InChI is InChI=1S/C15H21NO2S/c1-3-10-6-12(10)16-9-11-7-13-14(8-15(11)19-2)18-5-4-17-13/h7-8,10,12,16H,3-6,9H2,1-2H3. The second-order valence-corrected chi connectivity index (χ2v) is 6.05. The maximum absolute atomic E-state index is 5.67. The fourth-order valence-corrected chi connectivity index (χ4v) is 3.25. The molecule has 2 atom stereocenters. The van der Waals surface area contributed by atoms with Crippen LogP contribution in [0.1, 0.15) is 25.3 Å². The number of rotatable bonds is 5. The molecule has 1 aliphatic carbocycles. The Kier molecular flexibility index (Phi) is 3.89. The van der Waals surface area contributed by atoms with E-state index in [0.717, 1.165) is 24.0 Å². The van der Waals surface area contributed by atoms with Crippen molar-refractivity contribution < 1.29 is 9.47 Å². The largest absolute Gasteiger partial charge is 0.486 e. The maximum atomic E-state index is 5.67. The van der Waals surface area contributed by atoms with E-state index in [2.05, 4.69) is 30.6 Å². The zero-order chi connectivity index (χ0) is 13.2. The molecule has 19 heavy (non-hydrogen) atoms. The number of thioether (sulfide) groups is 1. The van der Waals surface area contributed by atoms with E-state index in [1.807, 2.05) is 0 Å². The number of hydrogen-bond acceptors (Lipinski definition) is 4. The van der Waals surface area contributed by atoms with Crippen molar-refractivity contribution in [2.75, 3.05) is 19.5 Å². The van der Waals surface area contributed by atoms with Gasteiger partial charge in [0.25, 0.3) is 0 Å². The highest BCUT2D eigenvalue weighted by molar-refractivity contribution is 7.98. The van der Waals surface area contributed by atoms with Gasteiger partial charge in [0.15, 0.2) is 11.5 Å². The van der Waals surface area contributed by atoms with Crippen LogP contribution in [0.2, 0.25) is 0 Å². The van der Waals surface area contributed by atoms with E-state index in [1.54, 1.807) is 11.8 Å². The molecule has 1 N–H and O–H groups in total. The average molecular weight is 279 g/mol. The molecule has 2 aliphatic rings. The van der Waals surface area contributed by atoms with E-state index in [0.29, 0.717) is 19.3 Å². The quantitative estimate of drug-likeness (QED) is 0.839. The number of hydrogen-bond donors (Lipinski definition) is 1. The van der Waals surface area contributed by atoms with Gasteiger partial charge in [0.05, 0.1) is 0 Å². The predicted octanol–water partition coefficient (Wildman–Crippen LogP) is 3.07. The van der Waals surface area contributed by atoms with Crippen molar-refractivity contribution >= 4 is 11.8 Å². The van der Waals surface area contributed by atoms with Gasteiger partial charge < -0.3 is 14.8 Å². The second-order valence-electron chi connectivity index (χ2n) is 5.20. The number of ether oxygens (including phenoxy) is 2. The van der Waals surface area contributed by atoms with Crippen molar-refractivity contribution in [3.8, 4) is 11.5 Å². The summed E-state index contributed by atoms with van der Waals surface area (Å²) < 4.78 is 11.3. The first-order valence-corrected chi connectivity index (χ1v) is 8.24. The summed E-state index contributed by atoms with van der Waals surface area (Å²) in [6, 6.07) is 4.96. The van der Waals surface area contributed by atoms with Gasteiger partial charge in [-0.1, -0.05) is 13.3 Å². The van der Waals surface area contributed by atoms with Gasteiger partial charge in [-0.05, 0) is 36.3 Å². The molecule has 1 aromatic carbocycles. The third-order valence-corrected chi connectivity index (χ3v) is 4.77. The smallest absolute Gasteiger partial charge is 0.162 e. The molecule has 2 unspecified atom stereocenters. The van der Waals surface area contributed by atoms with Crippen LogP contribution < -0.4 is 14.8 Å². The number of nitrogens with one attached hydrogen (secondary N) is 1. The lowest BCUT2D eigenvalue weighted by Gasteiger charge is -2.21. The summed E-state index contributed by atoms with van der Waals surface area (Å²) in [7, 11) is 0. The van der Waals surface area contributed by atoms with E-state index in [4.69, 9.17) is 9.47 Å². The topological polar surface area (TPSA) is 30.5 Å². The average Bonchev–Trinajstić information content (AvgIpc) is 3.22. The van der Waals surface area contributed by atoms with Crippen LogP contribution in [0.15, 0.2) is 17.0 Å². The lowest BCUT2D eigenvalue weighted by molar-refractivity contribution is 0.171. The predicted molar refractivity (Wildman–Crippen MR) is 78.2 cm³/mol. The molecular weight excluding hydrogens is 258 g/mol. The highest BCUT2D eigenvalue weighted by atomic mass is 32.2. The van der Waals surface area contributed by atoms with Gasteiger partial charge in [0.1, 0.15) is 13.2 Å². The van der Waals surface area contributed by atoms with Gasteiger partial charge in [-0.3, -0.25) is 0 Å². The van der Waals surface area contributed by atoms with Crippen LogP contribution in [0.25, 0.3) is 0 Å². The van der Waals surface area contributed by atoms with E-state index in [-0.39, 0.29) is 0 Å². The summed E-state index contributed by atoms with van der Waals surface area (Å²) >= 11 is 1.77. The molecule has 1 fully saturated rings. The van der Waals surface area contributed by atoms with Crippen molar-refractivity contribution in [3.05, 3.63) is 17.7 Å². The lowest BCUT2D eigenvalue weighted by atomic mass is 10.2. The molecule has 0 radical (unpaired) electrons. The Balaban J connectivity index is 1.72. The molecule has 3 rings (SSSR count). The summed E-state index contributed by atoms with van der Waals surface area (Å²) in [6.45, 7) is 4.50. The van der Waals surface area contributed by atoms with E-state index in [9.17, 15) is 0 Å². The monoisotopic (exact) mass is 279 g/mol. The fraction of sp³-hybridized carbons (Fsp3) is 0.600. The minimum atomic E-state index is 0.651. The highest BCUT2D eigenvalue weighted by Gasteiger charge is 2.34. The summed E-state index contributed by atoms with van der Waals surface area (Å²) in [5, 5.41) is 3.65. The third-order valence-electron chi connectivity index (χ3n) is 3.95. The second kappa shape index (κ2) is 5.63. The number of fused-ring (bicyclic) bond motifs is 1. The zero-order valence-corrected chi connectivity index (χ0v) is 12.4. The van der Waals surface area contributed by atoms with Crippen LogP contribution in [0.5, 0.6) is 11.5 Å². The van der Waals surface area contributed by atoms with E-state index < -0.39 is 0 Å². The van der Waals surface area contributed by atoms with Crippen molar-refractivity contribution in [2.24, 2.45) is 5.92 Å². The fourth-order valence-electron chi connectivity index (χ4n) is 2.63. The van der Waals surface area contributed by atoms with Gasteiger partial charge in [0, 0.05) is 17.5 Å². The maximum Gasteiger partial charge on any atom is 0.162 e. The molecule has 4 heteroatoms. The zero-order valence-electron chi connectivity index (χ0n) is 11.6. The van der Waals surface area contributed by atoms with E-state index in [1.165, 1.54) is 23.3 Å². The lowest BCUT2D eigenvalue weighted by Crippen LogP contribution is -2.19. The normalized spacial score (nSPS) is 24.3. The van der Waals surface area contributed by atoms with Crippen LogP contribution in [-0.2, 0) is 6.54 Å². The highest BCUT2D eigenvalue weighted by Crippen LogP contribution is 2.38. The van der Waals surface area contributed by atoms with Gasteiger partial charge in [-0.15, -0.1) is 11.8 Å². The van der Waals surface area contributed by atoms with Gasteiger partial charge in [0.2, 0.25) is 0 Å². The minimum Gasteiger partial charge on any atom is -0.486 e. The molecule has 0 bridgehead atoms. The summed E-state index contributed by atoms with van der Waals surface area (Å²) in [5.41, 5.74) is 1.32. The first-order valence-electron chi connectivity index (χ1n) is 7.01. The molecule has 0 spiro atoms. The van der Waals surface area contributed by atoms with Crippen molar-refractivity contribution in [1.29, 1.82) is 0 Å². The Labute approximate surface area is 119 Å². The van der Waals surface area contributed by atoms with Gasteiger partial charge in [-0.2, -0.15) is 0 Å². The van der Waals surface area contributed by atoms with Gasteiger partial charge in [-0.25, -0.2) is 0 Å². The summed E-state index contributed by atoms with van der Waals surface area (Å²) in [5.74, 6) is 2.66. The molecule has 1 aliphatic heterocycles. The first-order chi connectivity index (χ1) is 9.31. The Morgan fingerprint density at radius 1 is 1.26 bits per heavy atom. The van der Waals surface area contributed by atoms with Crippen LogP contribution >= 0.6 is 11.8 Å². The van der Waals surface area contributed by atoms with E-state index >= 15 is 0 Å². The van der Waals surface area contributed by atoms with Gasteiger partial charge >= 0.3 is 0 Å². The number of benzene rings is 1. The molecule has 1 heterocycles. The molecule has 1 aromatic rings.